The second-order valence-corrected chi connectivity index (χ2v) is 3.67. The first-order valence-corrected chi connectivity index (χ1v) is 5.74. The van der Waals surface area contributed by atoms with Crippen molar-refractivity contribution < 1.29 is 5.11 Å². The van der Waals surface area contributed by atoms with Crippen LogP contribution in [-0.2, 0) is 0 Å². The number of imidazole rings is 1. The zero-order valence-corrected chi connectivity index (χ0v) is 10.1. The fraction of sp³-hybridized carbons (Fsp3) is 0.250. The van der Waals surface area contributed by atoms with Gasteiger partial charge in [-0.05, 0) is 12.5 Å². The van der Waals surface area contributed by atoms with Gasteiger partial charge in [-0.15, -0.1) is 0 Å². The van der Waals surface area contributed by atoms with Gasteiger partial charge in [0.1, 0.15) is 17.6 Å². The average Bonchev–Trinajstić information content (AvgIpc) is 2.85. The molecule has 0 amide bonds. The lowest BCUT2D eigenvalue weighted by atomic mass is 10.3. The summed E-state index contributed by atoms with van der Waals surface area (Å²) in [6, 6.07) is 0. The molecular formula is C12H15N5O. The number of rotatable bonds is 5. The maximum atomic E-state index is 9.64. The van der Waals surface area contributed by atoms with Crippen LogP contribution in [0.4, 0.5) is 5.82 Å². The summed E-state index contributed by atoms with van der Waals surface area (Å²) < 4.78 is 0. The molecule has 2 heterocycles. The lowest BCUT2D eigenvalue weighted by Gasteiger charge is -2.04. The van der Waals surface area contributed by atoms with E-state index < -0.39 is 0 Å². The highest BCUT2D eigenvalue weighted by molar-refractivity contribution is 5.81. The van der Waals surface area contributed by atoms with E-state index in [-0.39, 0.29) is 5.76 Å². The van der Waals surface area contributed by atoms with Gasteiger partial charge in [0, 0.05) is 0 Å². The predicted octanol–water partition coefficient (Wildman–Crippen LogP) is 2.17. The van der Waals surface area contributed by atoms with Crippen molar-refractivity contribution in [1.82, 2.24) is 19.9 Å². The van der Waals surface area contributed by atoms with Crippen LogP contribution in [0.5, 0.6) is 0 Å². The highest BCUT2D eigenvalue weighted by Crippen LogP contribution is 2.14. The zero-order valence-electron chi connectivity index (χ0n) is 10.1. The topological polar surface area (TPSA) is 86.7 Å². The van der Waals surface area contributed by atoms with Crippen molar-refractivity contribution in [1.29, 1.82) is 0 Å². The lowest BCUT2D eigenvalue weighted by Crippen LogP contribution is -2.06. The molecule has 0 saturated heterocycles. The van der Waals surface area contributed by atoms with Crippen molar-refractivity contribution in [2.45, 2.75) is 13.3 Å². The molecule has 0 saturated carbocycles. The minimum atomic E-state index is 0.242. The van der Waals surface area contributed by atoms with Gasteiger partial charge in [-0.2, -0.15) is 0 Å². The molecule has 2 aromatic heterocycles. The lowest BCUT2D eigenvalue weighted by molar-refractivity contribution is 0.408. The molecule has 0 aromatic carbocycles. The Morgan fingerprint density at radius 3 is 3.17 bits per heavy atom. The monoisotopic (exact) mass is 245 g/mol. The third kappa shape index (κ3) is 2.85. The smallest absolute Gasteiger partial charge is 0.182 e. The van der Waals surface area contributed by atoms with E-state index in [9.17, 15) is 5.11 Å². The van der Waals surface area contributed by atoms with Crippen molar-refractivity contribution >= 4 is 17.0 Å². The van der Waals surface area contributed by atoms with Gasteiger partial charge in [0.15, 0.2) is 11.5 Å². The van der Waals surface area contributed by atoms with Crippen molar-refractivity contribution in [3.05, 3.63) is 36.6 Å². The number of aromatic amines is 1. The van der Waals surface area contributed by atoms with Crippen molar-refractivity contribution in [2.24, 2.45) is 0 Å². The Balaban J connectivity index is 2.04. The Bertz CT molecular complexity index is 573. The van der Waals surface area contributed by atoms with Crippen molar-refractivity contribution in [3.8, 4) is 0 Å². The van der Waals surface area contributed by atoms with E-state index >= 15 is 0 Å². The third-order valence-corrected chi connectivity index (χ3v) is 2.32. The van der Waals surface area contributed by atoms with Gasteiger partial charge < -0.3 is 15.4 Å². The Kier molecular flexibility index (Phi) is 3.90. The van der Waals surface area contributed by atoms with Crippen LogP contribution in [-0.4, -0.2) is 31.6 Å². The molecule has 0 bridgehead atoms. The maximum absolute atomic E-state index is 9.64. The predicted molar refractivity (Wildman–Crippen MR) is 70.3 cm³/mol. The first-order chi connectivity index (χ1) is 8.81. The molecule has 0 aliphatic rings. The number of nitrogens with one attached hydrogen (secondary N) is 2. The number of anilines is 1. The molecule has 0 radical (unpaired) electrons. The maximum Gasteiger partial charge on any atom is 0.182 e. The zero-order chi connectivity index (χ0) is 12.8. The van der Waals surface area contributed by atoms with E-state index in [1.54, 1.807) is 12.4 Å². The van der Waals surface area contributed by atoms with Gasteiger partial charge >= 0.3 is 0 Å². The summed E-state index contributed by atoms with van der Waals surface area (Å²) in [5.74, 6) is 0.864. The summed E-state index contributed by atoms with van der Waals surface area (Å²) in [6.07, 6.45) is 9.38. The molecule has 2 rings (SSSR count). The summed E-state index contributed by atoms with van der Waals surface area (Å²) in [5, 5.41) is 12.7. The standard InChI is InChI=1S/C12H15N5O/c1-2-3-4-5-9(18)6-13-11-10-12(15-7-14-10)17-8-16-11/h3-5,7-8,18H,2,6H2,1H3,(H2,13,14,15,16,17)/b4-3-,9-5-. The summed E-state index contributed by atoms with van der Waals surface area (Å²) in [6.45, 7) is 2.34. The van der Waals surface area contributed by atoms with Crippen LogP contribution in [0.1, 0.15) is 13.3 Å². The van der Waals surface area contributed by atoms with Gasteiger partial charge in [-0.1, -0.05) is 19.1 Å². The van der Waals surface area contributed by atoms with Crippen LogP contribution in [0.15, 0.2) is 36.6 Å². The number of aliphatic hydroxyl groups excluding tert-OH is 1. The number of H-pyrrole nitrogens is 1. The number of allylic oxidation sites excluding steroid dienone is 3. The molecule has 0 aliphatic carbocycles. The van der Waals surface area contributed by atoms with Gasteiger partial charge in [0.25, 0.3) is 0 Å². The van der Waals surface area contributed by atoms with Crippen LogP contribution >= 0.6 is 0 Å². The minimum Gasteiger partial charge on any atom is -0.510 e. The van der Waals surface area contributed by atoms with Crippen LogP contribution in [0.25, 0.3) is 11.2 Å². The Labute approximate surface area is 105 Å². The second-order valence-electron chi connectivity index (χ2n) is 3.67. The molecule has 0 spiro atoms. The number of hydrogen-bond donors (Lipinski definition) is 3. The molecule has 94 valence electrons. The highest BCUT2D eigenvalue weighted by atomic mass is 16.3. The molecule has 0 atom stereocenters. The normalized spacial score (nSPS) is 12.4. The van der Waals surface area contributed by atoms with Crippen molar-refractivity contribution in [3.63, 3.8) is 0 Å². The number of nitrogens with zero attached hydrogens (tertiary/aromatic N) is 3. The molecule has 6 heteroatoms. The summed E-state index contributed by atoms with van der Waals surface area (Å²) in [4.78, 5) is 15.1. The number of aliphatic hydroxyl groups is 1. The van der Waals surface area contributed by atoms with Gasteiger partial charge in [-0.25, -0.2) is 15.0 Å². The Morgan fingerprint density at radius 2 is 2.33 bits per heavy atom. The summed E-state index contributed by atoms with van der Waals surface area (Å²) in [7, 11) is 0. The van der Waals surface area contributed by atoms with Crippen molar-refractivity contribution in [2.75, 3.05) is 11.9 Å². The quantitative estimate of drug-likeness (QED) is 0.555. The fourth-order valence-corrected chi connectivity index (χ4v) is 1.45. The van der Waals surface area contributed by atoms with Crippen LogP contribution in [0, 0.1) is 0 Å². The molecule has 2 aromatic rings. The molecule has 0 unspecified atom stereocenters. The summed E-state index contributed by atoms with van der Waals surface area (Å²) in [5.41, 5.74) is 1.33. The molecule has 18 heavy (non-hydrogen) atoms. The first kappa shape index (κ1) is 12.1. The van der Waals surface area contributed by atoms with E-state index in [0.29, 0.717) is 18.0 Å². The van der Waals surface area contributed by atoms with Crippen LogP contribution < -0.4 is 5.32 Å². The van der Waals surface area contributed by atoms with Crippen LogP contribution in [0.2, 0.25) is 0 Å². The summed E-state index contributed by atoms with van der Waals surface area (Å²) >= 11 is 0. The van der Waals surface area contributed by atoms with E-state index in [0.717, 1.165) is 11.9 Å². The number of aromatic nitrogens is 4. The molecule has 0 aliphatic heterocycles. The molecule has 6 nitrogen and oxygen atoms in total. The van der Waals surface area contributed by atoms with Gasteiger partial charge in [0.05, 0.1) is 12.9 Å². The SMILES string of the molecule is CC/C=C\C=C(/O)CNc1ncnc2nc[nH]c12. The average molecular weight is 245 g/mol. The number of hydrogen-bond acceptors (Lipinski definition) is 5. The van der Waals surface area contributed by atoms with E-state index in [1.807, 2.05) is 19.1 Å². The molecule has 3 N–H and O–H groups in total. The van der Waals surface area contributed by atoms with E-state index in [4.69, 9.17) is 0 Å². The van der Waals surface area contributed by atoms with Gasteiger partial charge in [-0.3, -0.25) is 0 Å². The van der Waals surface area contributed by atoms with E-state index in [2.05, 4.69) is 25.3 Å². The van der Waals surface area contributed by atoms with Crippen LogP contribution in [0.3, 0.4) is 0 Å². The Hall–Kier alpha value is -2.37. The Morgan fingerprint density at radius 1 is 1.44 bits per heavy atom. The van der Waals surface area contributed by atoms with E-state index in [1.165, 1.54) is 6.33 Å². The largest absolute Gasteiger partial charge is 0.510 e. The number of fused-ring (bicyclic) bond motifs is 1. The second kappa shape index (κ2) is 5.81. The fourth-order valence-electron chi connectivity index (χ4n) is 1.45. The minimum absolute atomic E-state index is 0.242. The molecular weight excluding hydrogens is 230 g/mol. The highest BCUT2D eigenvalue weighted by Gasteiger charge is 2.04. The van der Waals surface area contributed by atoms with Gasteiger partial charge in [0.2, 0.25) is 0 Å². The third-order valence-electron chi connectivity index (χ3n) is 2.32. The molecule has 0 fully saturated rings. The first-order valence-electron chi connectivity index (χ1n) is 5.74.